The number of thioether (sulfide) groups is 1. The molecule has 0 fully saturated rings. The van der Waals surface area contributed by atoms with Gasteiger partial charge in [-0.15, -0.1) is 23.1 Å². The van der Waals surface area contributed by atoms with Gasteiger partial charge in [0.1, 0.15) is 0 Å². The van der Waals surface area contributed by atoms with E-state index in [1.807, 2.05) is 17.5 Å². The maximum Gasteiger partial charge on any atom is 0.291 e. The van der Waals surface area contributed by atoms with Gasteiger partial charge in [-0.05, 0) is 29.8 Å². The highest BCUT2D eigenvalue weighted by atomic mass is 32.2. The molecule has 4 rings (SSSR count). The Morgan fingerprint density at radius 2 is 2.03 bits per heavy atom. The summed E-state index contributed by atoms with van der Waals surface area (Å²) in [6.07, 6.45) is 3.14. The molecule has 2 amide bonds. The fourth-order valence-electron chi connectivity index (χ4n) is 2.77. The first-order valence-corrected chi connectivity index (χ1v) is 11.4. The summed E-state index contributed by atoms with van der Waals surface area (Å²) >= 11 is 2.80. The second-order valence-electron chi connectivity index (χ2n) is 6.54. The second kappa shape index (κ2) is 9.63. The largest absolute Gasteiger partial charge is 0.459 e. The van der Waals surface area contributed by atoms with Crippen molar-refractivity contribution >= 4 is 45.6 Å². The fourth-order valence-corrected chi connectivity index (χ4v) is 4.25. The quantitative estimate of drug-likeness (QED) is 0.424. The van der Waals surface area contributed by atoms with E-state index in [0.717, 1.165) is 5.56 Å². The number of thiazole rings is 1. The van der Waals surface area contributed by atoms with Crippen LogP contribution >= 0.6 is 23.1 Å². The fraction of sp³-hybridized carbons (Fsp3) is 0.143. The molecule has 3 heterocycles. The standard InChI is InChI=1S/C21H18N4O4S2/c26-18(13-30-12-16-10-19(27)25-7-9-31-21(25)24-16)22-11-14-3-5-15(6-4-14)23-20(28)17-2-1-8-29-17/h1-10H,11-13H2,(H,22,26)(H,23,28). The van der Waals surface area contributed by atoms with Gasteiger partial charge in [0.05, 0.1) is 17.7 Å². The number of furan rings is 1. The number of rotatable bonds is 8. The number of aromatic nitrogens is 2. The molecule has 0 aliphatic carbocycles. The van der Waals surface area contributed by atoms with Crippen molar-refractivity contribution in [2.75, 3.05) is 11.1 Å². The predicted octanol–water partition coefficient (Wildman–Crippen LogP) is 3.15. The Labute approximate surface area is 185 Å². The minimum Gasteiger partial charge on any atom is -0.459 e. The maximum absolute atomic E-state index is 12.1. The zero-order valence-electron chi connectivity index (χ0n) is 16.2. The zero-order valence-corrected chi connectivity index (χ0v) is 17.9. The Hall–Kier alpha value is -3.37. The monoisotopic (exact) mass is 454 g/mol. The molecule has 8 nitrogen and oxygen atoms in total. The minimum atomic E-state index is -0.321. The average molecular weight is 455 g/mol. The molecular weight excluding hydrogens is 436 g/mol. The average Bonchev–Trinajstić information content (AvgIpc) is 3.46. The molecule has 0 saturated carbocycles. The summed E-state index contributed by atoms with van der Waals surface area (Å²) in [4.78, 5) is 41.1. The van der Waals surface area contributed by atoms with Crippen molar-refractivity contribution in [2.24, 2.45) is 0 Å². The second-order valence-corrected chi connectivity index (χ2v) is 8.40. The number of hydrogen-bond donors (Lipinski definition) is 2. The van der Waals surface area contributed by atoms with Gasteiger partial charge in [-0.1, -0.05) is 12.1 Å². The van der Waals surface area contributed by atoms with E-state index in [4.69, 9.17) is 4.42 Å². The number of nitrogens with one attached hydrogen (secondary N) is 2. The van der Waals surface area contributed by atoms with Crippen molar-refractivity contribution in [3.05, 3.63) is 87.7 Å². The molecule has 0 aliphatic rings. The van der Waals surface area contributed by atoms with Crippen molar-refractivity contribution in [3.63, 3.8) is 0 Å². The van der Waals surface area contributed by atoms with Crippen LogP contribution in [0.5, 0.6) is 0 Å². The molecule has 2 N–H and O–H groups in total. The lowest BCUT2D eigenvalue weighted by atomic mass is 10.2. The van der Waals surface area contributed by atoms with E-state index >= 15 is 0 Å². The van der Waals surface area contributed by atoms with E-state index in [2.05, 4.69) is 15.6 Å². The molecular formula is C21H18N4O4S2. The van der Waals surface area contributed by atoms with Gasteiger partial charge < -0.3 is 15.1 Å². The van der Waals surface area contributed by atoms with Gasteiger partial charge in [0, 0.05) is 35.6 Å². The Bertz CT molecular complexity index is 1250. The van der Waals surface area contributed by atoms with E-state index in [1.165, 1.54) is 39.8 Å². The van der Waals surface area contributed by atoms with Crippen LogP contribution in [-0.2, 0) is 17.1 Å². The summed E-state index contributed by atoms with van der Waals surface area (Å²) in [6.45, 7) is 0.382. The molecule has 0 unspecified atom stereocenters. The number of anilines is 1. The van der Waals surface area contributed by atoms with Crippen molar-refractivity contribution in [3.8, 4) is 0 Å². The first kappa shape index (κ1) is 20.9. The molecule has 0 radical (unpaired) electrons. The van der Waals surface area contributed by atoms with Gasteiger partial charge in [0.2, 0.25) is 5.91 Å². The van der Waals surface area contributed by atoms with Gasteiger partial charge in [-0.3, -0.25) is 18.8 Å². The van der Waals surface area contributed by atoms with Crippen LogP contribution in [0.2, 0.25) is 0 Å². The predicted molar refractivity (Wildman–Crippen MR) is 120 cm³/mol. The third-order valence-electron chi connectivity index (χ3n) is 4.29. The van der Waals surface area contributed by atoms with Gasteiger partial charge in [0.15, 0.2) is 10.7 Å². The first-order chi connectivity index (χ1) is 15.1. The van der Waals surface area contributed by atoms with Crippen molar-refractivity contribution in [1.82, 2.24) is 14.7 Å². The van der Waals surface area contributed by atoms with Crippen LogP contribution in [0.25, 0.3) is 4.96 Å². The molecule has 0 aliphatic heterocycles. The van der Waals surface area contributed by atoms with E-state index in [9.17, 15) is 14.4 Å². The summed E-state index contributed by atoms with van der Waals surface area (Å²) in [6, 6.07) is 11.9. The highest BCUT2D eigenvalue weighted by molar-refractivity contribution is 7.99. The van der Waals surface area contributed by atoms with E-state index in [1.54, 1.807) is 30.5 Å². The summed E-state index contributed by atoms with van der Waals surface area (Å²) in [7, 11) is 0. The zero-order chi connectivity index (χ0) is 21.6. The number of fused-ring (bicyclic) bond motifs is 1. The third kappa shape index (κ3) is 5.41. The van der Waals surface area contributed by atoms with Crippen LogP contribution in [0.1, 0.15) is 21.8 Å². The van der Waals surface area contributed by atoms with Crippen LogP contribution in [0.3, 0.4) is 0 Å². The van der Waals surface area contributed by atoms with Crippen LogP contribution in [0.15, 0.2) is 69.5 Å². The number of hydrogen-bond acceptors (Lipinski definition) is 7. The smallest absolute Gasteiger partial charge is 0.291 e. The Balaban J connectivity index is 1.21. The van der Waals surface area contributed by atoms with Crippen LogP contribution in [0.4, 0.5) is 5.69 Å². The SMILES string of the molecule is O=C(CSCc1cc(=O)n2ccsc2n1)NCc1ccc(NC(=O)c2ccco2)cc1. The van der Waals surface area contributed by atoms with Gasteiger partial charge in [0.25, 0.3) is 11.5 Å². The van der Waals surface area contributed by atoms with Crippen molar-refractivity contribution in [1.29, 1.82) is 0 Å². The lowest BCUT2D eigenvalue weighted by molar-refractivity contribution is -0.118. The first-order valence-electron chi connectivity index (χ1n) is 9.32. The molecule has 0 saturated heterocycles. The van der Waals surface area contributed by atoms with Gasteiger partial charge in [-0.25, -0.2) is 4.98 Å². The number of carbonyl (C=O) groups excluding carboxylic acids is 2. The number of benzene rings is 1. The molecule has 0 atom stereocenters. The minimum absolute atomic E-state index is 0.103. The summed E-state index contributed by atoms with van der Waals surface area (Å²) in [5, 5.41) is 7.41. The Morgan fingerprint density at radius 1 is 1.19 bits per heavy atom. The van der Waals surface area contributed by atoms with Crippen LogP contribution in [-0.4, -0.2) is 27.0 Å². The molecule has 158 valence electrons. The summed E-state index contributed by atoms with van der Waals surface area (Å²) in [5.74, 6) is 0.571. The Kier molecular flexibility index (Phi) is 6.48. The van der Waals surface area contributed by atoms with E-state index in [-0.39, 0.29) is 28.9 Å². The topological polar surface area (TPSA) is 106 Å². The van der Waals surface area contributed by atoms with Crippen LogP contribution in [0, 0.1) is 0 Å². The molecule has 4 aromatic rings. The lowest BCUT2D eigenvalue weighted by Gasteiger charge is -2.07. The number of amides is 2. The molecule has 0 spiro atoms. The van der Waals surface area contributed by atoms with Gasteiger partial charge in [-0.2, -0.15) is 0 Å². The maximum atomic E-state index is 12.1. The Morgan fingerprint density at radius 3 is 2.81 bits per heavy atom. The third-order valence-corrected chi connectivity index (χ3v) is 6.01. The van der Waals surface area contributed by atoms with E-state index in [0.29, 0.717) is 28.6 Å². The summed E-state index contributed by atoms with van der Waals surface area (Å²) < 4.78 is 6.56. The number of nitrogens with zero attached hydrogens (tertiary/aromatic N) is 2. The highest BCUT2D eigenvalue weighted by Gasteiger charge is 2.09. The summed E-state index contributed by atoms with van der Waals surface area (Å²) in [5.41, 5.74) is 2.10. The van der Waals surface area contributed by atoms with Crippen LogP contribution < -0.4 is 16.2 Å². The molecule has 10 heteroatoms. The van der Waals surface area contributed by atoms with Crippen molar-refractivity contribution in [2.45, 2.75) is 12.3 Å². The van der Waals surface area contributed by atoms with E-state index < -0.39 is 0 Å². The van der Waals surface area contributed by atoms with Crippen molar-refractivity contribution < 1.29 is 14.0 Å². The number of carbonyl (C=O) groups is 2. The lowest BCUT2D eigenvalue weighted by Crippen LogP contribution is -2.24. The molecule has 1 aromatic carbocycles. The molecule has 3 aromatic heterocycles. The highest BCUT2D eigenvalue weighted by Crippen LogP contribution is 2.13. The molecule has 31 heavy (non-hydrogen) atoms. The van der Waals surface area contributed by atoms with Gasteiger partial charge >= 0.3 is 0 Å². The normalized spacial score (nSPS) is 10.8. The molecule has 0 bridgehead atoms.